The number of carbonyl (C=O) groups excluding carboxylic acids is 1. The fourth-order valence-electron chi connectivity index (χ4n) is 3.16. The molecule has 0 amide bonds. The van der Waals surface area contributed by atoms with E-state index >= 15 is 0 Å². The molecule has 29 heavy (non-hydrogen) atoms. The third-order valence-electron chi connectivity index (χ3n) is 4.44. The molecule has 1 saturated heterocycles. The number of ether oxygens (including phenoxy) is 3. The van der Waals surface area contributed by atoms with Gasteiger partial charge in [-0.1, -0.05) is 23.7 Å². The highest BCUT2D eigenvalue weighted by Crippen LogP contribution is 2.30. The summed E-state index contributed by atoms with van der Waals surface area (Å²) in [6.07, 6.45) is -0.489. The molecule has 2 unspecified atom stereocenters. The number of methoxy groups -OCH3 is 1. The van der Waals surface area contributed by atoms with Crippen LogP contribution in [0.15, 0.2) is 47.4 Å². The van der Waals surface area contributed by atoms with E-state index in [1.54, 1.807) is 38.1 Å². The Bertz CT molecular complexity index is 1000. The van der Waals surface area contributed by atoms with Crippen LogP contribution in [0.1, 0.15) is 24.2 Å². The van der Waals surface area contributed by atoms with E-state index in [0.29, 0.717) is 5.75 Å². The second-order valence-corrected chi connectivity index (χ2v) is 9.08. The number of sulfonamides is 1. The average Bonchev–Trinajstić information content (AvgIpc) is 2.67. The summed E-state index contributed by atoms with van der Waals surface area (Å²) in [5.74, 6) is -0.0968. The van der Waals surface area contributed by atoms with Crippen LogP contribution in [-0.4, -0.2) is 51.1 Å². The molecule has 1 fully saturated rings. The van der Waals surface area contributed by atoms with Crippen LogP contribution in [0.4, 0.5) is 0 Å². The molecule has 1 aliphatic heterocycles. The number of hydrogen-bond acceptors (Lipinski definition) is 6. The van der Waals surface area contributed by atoms with E-state index in [0.717, 1.165) is 0 Å². The number of rotatable bonds is 5. The highest BCUT2D eigenvalue weighted by Gasteiger charge is 2.34. The maximum Gasteiger partial charge on any atom is 0.343 e. The Morgan fingerprint density at radius 3 is 2.34 bits per heavy atom. The lowest BCUT2D eigenvalue weighted by Crippen LogP contribution is -2.48. The van der Waals surface area contributed by atoms with E-state index in [1.807, 2.05) is 0 Å². The summed E-state index contributed by atoms with van der Waals surface area (Å²) < 4.78 is 43.8. The first kappa shape index (κ1) is 21.6. The van der Waals surface area contributed by atoms with Gasteiger partial charge >= 0.3 is 5.97 Å². The molecule has 1 heterocycles. The minimum atomic E-state index is -3.91. The lowest BCUT2D eigenvalue weighted by molar-refractivity contribution is -0.0440. The maximum absolute atomic E-state index is 13.1. The van der Waals surface area contributed by atoms with E-state index in [-0.39, 0.29) is 46.5 Å². The number of carbonyl (C=O) groups is 1. The van der Waals surface area contributed by atoms with Crippen LogP contribution in [0.2, 0.25) is 5.02 Å². The van der Waals surface area contributed by atoms with Gasteiger partial charge in [0.05, 0.1) is 29.9 Å². The third-order valence-corrected chi connectivity index (χ3v) is 6.76. The molecular formula is C20H22ClNO6S. The fraction of sp³-hybridized carbons (Fsp3) is 0.350. The van der Waals surface area contributed by atoms with Crippen LogP contribution in [0.3, 0.4) is 0 Å². The van der Waals surface area contributed by atoms with Gasteiger partial charge in [-0.25, -0.2) is 13.2 Å². The van der Waals surface area contributed by atoms with Crippen molar-refractivity contribution in [3.8, 4) is 11.5 Å². The van der Waals surface area contributed by atoms with Crippen molar-refractivity contribution in [1.29, 1.82) is 0 Å². The molecule has 2 aromatic rings. The van der Waals surface area contributed by atoms with Crippen molar-refractivity contribution in [2.75, 3.05) is 20.2 Å². The summed E-state index contributed by atoms with van der Waals surface area (Å²) in [4.78, 5) is 12.5. The van der Waals surface area contributed by atoms with Gasteiger partial charge in [-0.15, -0.1) is 0 Å². The molecule has 0 saturated carbocycles. The minimum absolute atomic E-state index is 0.0330. The van der Waals surface area contributed by atoms with Gasteiger partial charge in [0, 0.05) is 13.1 Å². The predicted molar refractivity (Wildman–Crippen MR) is 108 cm³/mol. The summed E-state index contributed by atoms with van der Waals surface area (Å²) >= 11 is 6.18. The molecule has 0 aromatic heterocycles. The molecule has 2 aromatic carbocycles. The Kier molecular flexibility index (Phi) is 6.48. The average molecular weight is 440 g/mol. The highest BCUT2D eigenvalue weighted by atomic mass is 35.5. The molecule has 0 N–H and O–H groups in total. The first-order chi connectivity index (χ1) is 13.7. The quantitative estimate of drug-likeness (QED) is 0.524. The number of morpholine rings is 1. The normalized spacial score (nSPS) is 20.3. The number of halogens is 1. The van der Waals surface area contributed by atoms with E-state index in [9.17, 15) is 13.2 Å². The van der Waals surface area contributed by atoms with Crippen LogP contribution in [0, 0.1) is 0 Å². The Labute approximate surface area is 175 Å². The van der Waals surface area contributed by atoms with Gasteiger partial charge < -0.3 is 14.2 Å². The molecule has 0 bridgehead atoms. The van der Waals surface area contributed by atoms with Crippen LogP contribution in [0.5, 0.6) is 11.5 Å². The van der Waals surface area contributed by atoms with Crippen LogP contribution < -0.4 is 9.47 Å². The maximum atomic E-state index is 13.1. The minimum Gasteiger partial charge on any atom is -0.493 e. The lowest BCUT2D eigenvalue weighted by atomic mass is 10.2. The molecule has 9 heteroatoms. The largest absolute Gasteiger partial charge is 0.493 e. The van der Waals surface area contributed by atoms with Crippen molar-refractivity contribution in [2.24, 2.45) is 0 Å². The Morgan fingerprint density at radius 1 is 1.10 bits per heavy atom. The van der Waals surface area contributed by atoms with Gasteiger partial charge in [0.15, 0.2) is 11.5 Å². The van der Waals surface area contributed by atoms with E-state index in [4.69, 9.17) is 25.8 Å². The van der Waals surface area contributed by atoms with Gasteiger partial charge in [-0.2, -0.15) is 4.31 Å². The van der Waals surface area contributed by atoms with Crippen molar-refractivity contribution in [3.05, 3.63) is 53.1 Å². The van der Waals surface area contributed by atoms with Crippen LogP contribution in [0.25, 0.3) is 0 Å². The summed E-state index contributed by atoms with van der Waals surface area (Å²) in [5, 5.41) is 0.0330. The molecule has 0 spiro atoms. The monoisotopic (exact) mass is 439 g/mol. The van der Waals surface area contributed by atoms with Crippen molar-refractivity contribution < 1.29 is 27.4 Å². The zero-order valence-electron chi connectivity index (χ0n) is 16.3. The first-order valence-electron chi connectivity index (χ1n) is 9.02. The van der Waals surface area contributed by atoms with Gasteiger partial charge in [0.25, 0.3) is 0 Å². The van der Waals surface area contributed by atoms with Gasteiger partial charge in [0.2, 0.25) is 10.0 Å². The van der Waals surface area contributed by atoms with Gasteiger partial charge in [-0.05, 0) is 44.2 Å². The van der Waals surface area contributed by atoms with Gasteiger partial charge in [-0.3, -0.25) is 0 Å². The molecule has 0 radical (unpaired) electrons. The van der Waals surface area contributed by atoms with Crippen LogP contribution >= 0.6 is 11.6 Å². The Balaban J connectivity index is 1.90. The molecule has 2 atom stereocenters. The third kappa shape index (κ3) is 4.72. The van der Waals surface area contributed by atoms with E-state index < -0.39 is 16.0 Å². The standard InChI is InChI=1S/C20H22ClNO6S/c1-13-11-22(12-14(2)27-13)29(24,25)19-10-15(8-9-16(19)21)20(23)28-18-7-5-4-6-17(18)26-3/h4-10,13-14H,11-12H2,1-3H3. The molecule has 3 rings (SSSR count). The van der Waals surface area contributed by atoms with Crippen molar-refractivity contribution in [1.82, 2.24) is 4.31 Å². The van der Waals surface area contributed by atoms with Crippen molar-refractivity contribution in [3.63, 3.8) is 0 Å². The zero-order valence-corrected chi connectivity index (χ0v) is 17.9. The molecule has 156 valence electrons. The smallest absolute Gasteiger partial charge is 0.343 e. The second kappa shape index (κ2) is 8.71. The predicted octanol–water partition coefficient (Wildman–Crippen LogP) is 3.37. The van der Waals surface area contributed by atoms with Gasteiger partial charge in [0.1, 0.15) is 4.90 Å². The summed E-state index contributed by atoms with van der Waals surface area (Å²) in [6, 6.07) is 10.7. The van der Waals surface area contributed by atoms with Crippen molar-refractivity contribution >= 4 is 27.6 Å². The topological polar surface area (TPSA) is 82.1 Å². The Morgan fingerprint density at radius 2 is 1.72 bits per heavy atom. The Hall–Kier alpha value is -2.13. The zero-order chi connectivity index (χ0) is 21.2. The number of para-hydroxylation sites is 2. The summed E-state index contributed by atoms with van der Waals surface area (Å²) in [7, 11) is -2.45. The highest BCUT2D eigenvalue weighted by molar-refractivity contribution is 7.89. The molecule has 7 nitrogen and oxygen atoms in total. The molecule has 0 aliphatic carbocycles. The van der Waals surface area contributed by atoms with E-state index in [2.05, 4.69) is 0 Å². The number of nitrogens with zero attached hydrogens (tertiary/aromatic N) is 1. The fourth-order valence-corrected chi connectivity index (χ4v) is 5.25. The SMILES string of the molecule is COc1ccccc1OC(=O)c1ccc(Cl)c(S(=O)(=O)N2CC(C)OC(C)C2)c1. The number of hydrogen-bond donors (Lipinski definition) is 0. The number of benzene rings is 2. The van der Waals surface area contributed by atoms with Crippen molar-refractivity contribution in [2.45, 2.75) is 31.0 Å². The first-order valence-corrected chi connectivity index (χ1v) is 10.8. The lowest BCUT2D eigenvalue weighted by Gasteiger charge is -2.34. The molecular weight excluding hydrogens is 418 g/mol. The van der Waals surface area contributed by atoms with Crippen LogP contribution in [-0.2, 0) is 14.8 Å². The summed E-state index contributed by atoms with van der Waals surface area (Å²) in [5.41, 5.74) is 0.0632. The second-order valence-electron chi connectivity index (χ2n) is 6.76. The summed E-state index contributed by atoms with van der Waals surface area (Å²) in [6.45, 7) is 4.03. The van der Waals surface area contributed by atoms with E-state index in [1.165, 1.54) is 29.6 Å². The molecule has 1 aliphatic rings. The number of esters is 1.